The van der Waals surface area contributed by atoms with Gasteiger partial charge in [-0.2, -0.15) is 0 Å². The zero-order valence-corrected chi connectivity index (χ0v) is 24.9. The molecule has 1 unspecified atom stereocenters. The molecule has 5 rings (SSSR count). The number of carbonyl (C=O) groups is 3. The first-order valence-electron chi connectivity index (χ1n) is 14.1. The molecule has 0 bridgehead atoms. The number of imide groups is 1. The molecule has 1 aliphatic heterocycles. The maximum Gasteiger partial charge on any atom is 0.270 e. The Morgan fingerprint density at radius 1 is 0.767 bits per heavy atom. The van der Waals surface area contributed by atoms with Crippen molar-refractivity contribution < 1.29 is 32.3 Å². The van der Waals surface area contributed by atoms with Crippen molar-refractivity contribution in [3.05, 3.63) is 101 Å². The Balaban J connectivity index is 1.41. The quantitative estimate of drug-likeness (QED) is 0.223. The number of carbonyl (C=O) groups excluding carboxylic acids is 3. The summed E-state index contributed by atoms with van der Waals surface area (Å²) in [6.45, 7) is 6.00. The minimum atomic E-state index is -4.02. The lowest BCUT2D eigenvalue weighted by molar-refractivity contribution is -0.120. The fourth-order valence-electron chi connectivity index (χ4n) is 5.40. The maximum atomic E-state index is 13.8. The summed E-state index contributed by atoms with van der Waals surface area (Å²) in [4.78, 5) is 41.4. The van der Waals surface area contributed by atoms with Crippen LogP contribution in [0.5, 0.6) is 11.5 Å². The van der Waals surface area contributed by atoms with E-state index in [1.165, 1.54) is 24.3 Å². The number of anilines is 1. The van der Waals surface area contributed by atoms with Gasteiger partial charge in [-0.3, -0.25) is 19.1 Å². The highest BCUT2D eigenvalue weighted by Crippen LogP contribution is 2.46. The van der Waals surface area contributed by atoms with Crippen LogP contribution in [0.25, 0.3) is 10.8 Å². The van der Waals surface area contributed by atoms with Crippen LogP contribution in [-0.4, -0.2) is 39.4 Å². The third-order valence-electron chi connectivity index (χ3n) is 7.27. The Labute approximate surface area is 250 Å². The van der Waals surface area contributed by atoms with Crippen molar-refractivity contribution in [3.8, 4) is 11.5 Å². The van der Waals surface area contributed by atoms with E-state index in [2.05, 4.69) is 4.72 Å². The Hall–Kier alpha value is -4.70. The summed E-state index contributed by atoms with van der Waals surface area (Å²) in [5.74, 6) is -2.15. The first-order valence-corrected chi connectivity index (χ1v) is 15.8. The van der Waals surface area contributed by atoms with Gasteiger partial charge in [0.25, 0.3) is 11.8 Å². The van der Waals surface area contributed by atoms with Crippen LogP contribution in [0.2, 0.25) is 0 Å². The molecule has 1 N–H and O–H groups in total. The molecule has 0 fully saturated rings. The number of nitrogens with one attached hydrogen (secondary N) is 1. The van der Waals surface area contributed by atoms with E-state index in [-0.39, 0.29) is 30.0 Å². The van der Waals surface area contributed by atoms with Gasteiger partial charge in [0.15, 0.2) is 0 Å². The van der Waals surface area contributed by atoms with E-state index in [1.54, 1.807) is 38.1 Å². The fourth-order valence-corrected chi connectivity index (χ4v) is 6.55. The van der Waals surface area contributed by atoms with Gasteiger partial charge in [0, 0.05) is 10.8 Å². The molecule has 0 saturated carbocycles. The highest BCUT2D eigenvalue weighted by Gasteiger charge is 2.43. The number of fused-ring (bicyclic) bond motifs is 2. The number of hydrogen-bond acceptors (Lipinski definition) is 7. The van der Waals surface area contributed by atoms with Crippen molar-refractivity contribution in [3.63, 3.8) is 0 Å². The number of ether oxygens (including phenoxy) is 2. The van der Waals surface area contributed by atoms with Gasteiger partial charge in [0.05, 0.1) is 41.7 Å². The number of nitrogens with zero attached hydrogens (tertiary/aromatic N) is 1. The Morgan fingerprint density at radius 3 is 1.77 bits per heavy atom. The second-order valence-corrected chi connectivity index (χ2v) is 11.8. The van der Waals surface area contributed by atoms with Crippen LogP contribution in [0.15, 0.2) is 78.9 Å². The number of benzene rings is 4. The Kier molecular flexibility index (Phi) is 8.50. The molecule has 0 saturated heterocycles. The van der Waals surface area contributed by atoms with Crippen LogP contribution in [0, 0.1) is 0 Å². The first-order chi connectivity index (χ1) is 20.7. The van der Waals surface area contributed by atoms with Gasteiger partial charge in [-0.15, -0.1) is 0 Å². The number of amides is 3. The van der Waals surface area contributed by atoms with E-state index in [9.17, 15) is 22.8 Å². The molecule has 4 aromatic carbocycles. The summed E-state index contributed by atoms with van der Waals surface area (Å²) in [5, 5.41) is 1.32. The molecule has 0 aromatic heterocycles. The molecule has 4 aromatic rings. The molecule has 0 aliphatic carbocycles. The molecule has 222 valence electrons. The molecule has 1 heterocycles. The third-order valence-corrected chi connectivity index (χ3v) is 8.49. The van der Waals surface area contributed by atoms with E-state index < -0.39 is 39.4 Å². The molecule has 43 heavy (non-hydrogen) atoms. The number of sulfonamides is 1. The minimum absolute atomic E-state index is 0.132. The standard InChI is InChI=1S/C33H32N2O7S/c1-4-24(22-12-8-7-9-13-22)31(36)34-43(39,40)20-21-16-18-23(19-17-21)35-32(37)27-28(33(35)38)30(42-6-3)26-15-11-10-14-25(26)29(27)41-5-2/h7-19,24H,4-6,20H2,1-3H3,(H,34,36). The van der Waals surface area contributed by atoms with Gasteiger partial charge in [0.2, 0.25) is 15.9 Å². The third kappa shape index (κ3) is 5.70. The lowest BCUT2D eigenvalue weighted by Gasteiger charge is -2.16. The van der Waals surface area contributed by atoms with Crippen LogP contribution < -0.4 is 19.1 Å². The summed E-state index contributed by atoms with van der Waals surface area (Å²) in [6, 6.07) is 22.3. The maximum absolute atomic E-state index is 13.8. The summed E-state index contributed by atoms with van der Waals surface area (Å²) in [6.07, 6.45) is 0.436. The second kappa shape index (κ2) is 12.3. The van der Waals surface area contributed by atoms with Gasteiger partial charge < -0.3 is 9.47 Å². The Bertz CT molecular complexity index is 1740. The average molecular weight is 601 g/mol. The molecule has 9 nitrogen and oxygen atoms in total. The summed E-state index contributed by atoms with van der Waals surface area (Å²) >= 11 is 0. The molecule has 0 spiro atoms. The molecular weight excluding hydrogens is 568 g/mol. The predicted octanol–water partition coefficient (Wildman–Crippen LogP) is 5.58. The van der Waals surface area contributed by atoms with Gasteiger partial charge >= 0.3 is 0 Å². The van der Waals surface area contributed by atoms with Crippen molar-refractivity contribution in [1.82, 2.24) is 4.72 Å². The topological polar surface area (TPSA) is 119 Å². The highest BCUT2D eigenvalue weighted by atomic mass is 32.2. The van der Waals surface area contributed by atoms with Crippen molar-refractivity contribution in [2.75, 3.05) is 18.1 Å². The first kappa shape index (κ1) is 29.8. The predicted molar refractivity (Wildman–Crippen MR) is 164 cm³/mol. The molecule has 1 aliphatic rings. The SMILES string of the molecule is CCOc1c2c(c(OCC)c3ccccc13)C(=O)N(c1ccc(CS(=O)(=O)NC(=O)C(CC)c3ccccc3)cc1)C2=O. The van der Waals surface area contributed by atoms with E-state index >= 15 is 0 Å². The van der Waals surface area contributed by atoms with Crippen LogP contribution in [0.1, 0.15) is 65.0 Å². The van der Waals surface area contributed by atoms with Crippen LogP contribution in [0.4, 0.5) is 5.69 Å². The highest BCUT2D eigenvalue weighted by molar-refractivity contribution is 7.89. The van der Waals surface area contributed by atoms with Crippen molar-refractivity contribution in [1.29, 1.82) is 0 Å². The van der Waals surface area contributed by atoms with E-state index in [4.69, 9.17) is 9.47 Å². The monoisotopic (exact) mass is 600 g/mol. The van der Waals surface area contributed by atoms with Crippen molar-refractivity contribution in [2.24, 2.45) is 0 Å². The lowest BCUT2D eigenvalue weighted by atomic mass is 9.96. The van der Waals surface area contributed by atoms with E-state index in [1.807, 2.05) is 37.3 Å². The van der Waals surface area contributed by atoms with Crippen LogP contribution in [0.3, 0.4) is 0 Å². The number of hydrogen-bond donors (Lipinski definition) is 1. The molecule has 10 heteroatoms. The average Bonchev–Trinajstić information content (AvgIpc) is 3.25. The summed E-state index contributed by atoms with van der Waals surface area (Å²) in [5.41, 5.74) is 1.64. The number of rotatable bonds is 11. The molecule has 0 radical (unpaired) electrons. The minimum Gasteiger partial charge on any atom is -0.492 e. The lowest BCUT2D eigenvalue weighted by Crippen LogP contribution is -2.35. The van der Waals surface area contributed by atoms with E-state index in [0.717, 1.165) is 10.5 Å². The van der Waals surface area contributed by atoms with E-state index in [0.29, 0.717) is 34.3 Å². The zero-order valence-electron chi connectivity index (χ0n) is 24.1. The van der Waals surface area contributed by atoms with Crippen LogP contribution >= 0.6 is 0 Å². The van der Waals surface area contributed by atoms with Crippen LogP contribution in [-0.2, 0) is 20.6 Å². The van der Waals surface area contributed by atoms with Crippen molar-refractivity contribution in [2.45, 2.75) is 38.9 Å². The second-order valence-electron chi connectivity index (χ2n) is 10.0. The van der Waals surface area contributed by atoms with Gasteiger partial charge in [-0.1, -0.05) is 73.7 Å². The smallest absolute Gasteiger partial charge is 0.270 e. The van der Waals surface area contributed by atoms with Gasteiger partial charge in [-0.05, 0) is 43.5 Å². The fraction of sp³-hybridized carbons (Fsp3) is 0.242. The molecular formula is C33H32N2O7S. The largest absolute Gasteiger partial charge is 0.492 e. The normalized spacial score (nSPS) is 13.6. The summed E-state index contributed by atoms with van der Waals surface area (Å²) < 4.78 is 39.8. The molecule has 3 amide bonds. The summed E-state index contributed by atoms with van der Waals surface area (Å²) in [7, 11) is -4.02. The van der Waals surface area contributed by atoms with Gasteiger partial charge in [0.1, 0.15) is 11.5 Å². The van der Waals surface area contributed by atoms with Gasteiger partial charge in [-0.25, -0.2) is 13.3 Å². The van der Waals surface area contributed by atoms with Crippen molar-refractivity contribution >= 4 is 44.2 Å². The zero-order chi connectivity index (χ0) is 30.7. The Morgan fingerprint density at radius 2 is 1.28 bits per heavy atom. The molecule has 1 atom stereocenters.